The molecular formula is C26H34ClN3O4S. The van der Waals surface area contributed by atoms with Crippen molar-refractivity contribution >= 4 is 33.4 Å². The number of amides is 2. The Morgan fingerprint density at radius 1 is 1.06 bits per heavy atom. The van der Waals surface area contributed by atoms with Gasteiger partial charge in [-0.2, -0.15) is 0 Å². The summed E-state index contributed by atoms with van der Waals surface area (Å²) in [6.45, 7) is 2.21. The number of hydrogen-bond acceptors (Lipinski definition) is 4. The van der Waals surface area contributed by atoms with E-state index in [1.165, 1.54) is 11.4 Å². The normalized spacial score (nSPS) is 15.2. The zero-order valence-electron chi connectivity index (χ0n) is 20.3. The molecule has 1 saturated carbocycles. The summed E-state index contributed by atoms with van der Waals surface area (Å²) in [6.07, 6.45) is 4.61. The fourth-order valence-electron chi connectivity index (χ4n) is 4.25. The Labute approximate surface area is 213 Å². The minimum atomic E-state index is -3.62. The SMILES string of the molecule is C[C@H](C(=O)NC1CCCC1)N(Cc1ccc(Cl)cc1)C(=O)CCCN(C)S(=O)(=O)c1ccccc1. The topological polar surface area (TPSA) is 86.8 Å². The van der Waals surface area contributed by atoms with Crippen LogP contribution in [-0.2, 0) is 26.2 Å². The van der Waals surface area contributed by atoms with Gasteiger partial charge in [-0.25, -0.2) is 12.7 Å². The Kier molecular flexibility index (Phi) is 9.71. The van der Waals surface area contributed by atoms with Crippen LogP contribution in [0.1, 0.15) is 51.0 Å². The summed E-state index contributed by atoms with van der Waals surface area (Å²) in [7, 11) is -2.11. The van der Waals surface area contributed by atoms with Crippen LogP contribution in [0.25, 0.3) is 0 Å². The lowest BCUT2D eigenvalue weighted by molar-refractivity contribution is -0.141. The van der Waals surface area contributed by atoms with Crippen molar-refractivity contribution in [3.05, 3.63) is 65.2 Å². The van der Waals surface area contributed by atoms with E-state index in [9.17, 15) is 18.0 Å². The lowest BCUT2D eigenvalue weighted by Crippen LogP contribution is -2.49. The van der Waals surface area contributed by atoms with E-state index >= 15 is 0 Å². The fourth-order valence-corrected chi connectivity index (χ4v) is 5.61. The molecule has 0 aliphatic heterocycles. The van der Waals surface area contributed by atoms with Gasteiger partial charge in [-0.3, -0.25) is 9.59 Å². The summed E-state index contributed by atoms with van der Waals surface area (Å²) in [5.41, 5.74) is 0.868. The first-order valence-electron chi connectivity index (χ1n) is 12.0. The number of rotatable bonds is 11. The van der Waals surface area contributed by atoms with Gasteiger partial charge >= 0.3 is 0 Å². The highest BCUT2D eigenvalue weighted by Gasteiger charge is 2.28. The molecule has 1 atom stereocenters. The number of hydrogen-bond donors (Lipinski definition) is 1. The number of sulfonamides is 1. The van der Waals surface area contributed by atoms with E-state index in [1.807, 2.05) is 12.1 Å². The van der Waals surface area contributed by atoms with Crippen LogP contribution < -0.4 is 5.32 Å². The van der Waals surface area contributed by atoms with Crippen molar-refractivity contribution in [2.45, 2.75) is 69.0 Å². The van der Waals surface area contributed by atoms with Crippen molar-refractivity contribution in [1.29, 1.82) is 0 Å². The van der Waals surface area contributed by atoms with Crippen LogP contribution in [-0.4, -0.2) is 55.1 Å². The zero-order valence-corrected chi connectivity index (χ0v) is 21.9. The van der Waals surface area contributed by atoms with E-state index in [1.54, 1.807) is 54.3 Å². The molecule has 35 heavy (non-hydrogen) atoms. The van der Waals surface area contributed by atoms with Crippen molar-refractivity contribution in [3.63, 3.8) is 0 Å². The monoisotopic (exact) mass is 519 g/mol. The third kappa shape index (κ3) is 7.53. The second kappa shape index (κ2) is 12.5. The van der Waals surface area contributed by atoms with Gasteiger partial charge in [0, 0.05) is 37.6 Å². The quantitative estimate of drug-likeness (QED) is 0.481. The maximum absolute atomic E-state index is 13.3. The summed E-state index contributed by atoms with van der Waals surface area (Å²) in [5.74, 6) is -0.359. The standard InChI is InChI=1S/C26H34ClN3O4S/c1-20(26(32)28-23-9-6-7-10-23)30(19-21-14-16-22(27)17-15-21)25(31)13-8-18-29(2)35(33,34)24-11-4-3-5-12-24/h3-5,11-12,14-17,20,23H,6-10,13,18-19H2,1-2H3,(H,28,32)/t20-/m1/s1. The Bertz CT molecular complexity index is 1090. The lowest BCUT2D eigenvalue weighted by atomic mass is 10.1. The van der Waals surface area contributed by atoms with Gasteiger partial charge in [0.2, 0.25) is 21.8 Å². The number of halogens is 1. The average Bonchev–Trinajstić information content (AvgIpc) is 3.36. The molecule has 2 aromatic rings. The molecule has 0 unspecified atom stereocenters. The Morgan fingerprint density at radius 2 is 1.69 bits per heavy atom. The van der Waals surface area contributed by atoms with E-state index in [4.69, 9.17) is 11.6 Å². The van der Waals surface area contributed by atoms with Crippen molar-refractivity contribution in [1.82, 2.24) is 14.5 Å². The number of carbonyl (C=O) groups excluding carboxylic acids is 2. The molecule has 0 bridgehead atoms. The summed E-state index contributed by atoms with van der Waals surface area (Å²) in [6, 6.07) is 14.9. The molecule has 1 aliphatic carbocycles. The highest BCUT2D eigenvalue weighted by atomic mass is 35.5. The van der Waals surface area contributed by atoms with Gasteiger partial charge in [0.1, 0.15) is 6.04 Å². The van der Waals surface area contributed by atoms with Crippen LogP contribution in [0.4, 0.5) is 0 Å². The van der Waals surface area contributed by atoms with E-state index in [0.29, 0.717) is 11.4 Å². The number of benzene rings is 2. The summed E-state index contributed by atoms with van der Waals surface area (Å²) in [5, 5.41) is 3.68. The first-order chi connectivity index (χ1) is 16.7. The molecule has 0 radical (unpaired) electrons. The molecule has 0 saturated heterocycles. The number of nitrogens with zero attached hydrogens (tertiary/aromatic N) is 2. The third-order valence-corrected chi connectivity index (χ3v) is 8.57. The highest BCUT2D eigenvalue weighted by molar-refractivity contribution is 7.89. The molecule has 9 heteroatoms. The van der Waals surface area contributed by atoms with Gasteiger partial charge in [-0.15, -0.1) is 0 Å². The van der Waals surface area contributed by atoms with E-state index in [2.05, 4.69) is 5.32 Å². The molecule has 7 nitrogen and oxygen atoms in total. The zero-order chi connectivity index (χ0) is 25.4. The predicted molar refractivity (Wildman–Crippen MR) is 137 cm³/mol. The predicted octanol–water partition coefficient (Wildman–Crippen LogP) is 4.22. The summed E-state index contributed by atoms with van der Waals surface area (Å²) < 4.78 is 26.7. The van der Waals surface area contributed by atoms with Crippen molar-refractivity contribution in [3.8, 4) is 0 Å². The minimum absolute atomic E-state index is 0.128. The number of nitrogens with one attached hydrogen (secondary N) is 1. The van der Waals surface area contributed by atoms with Crippen LogP contribution in [0, 0.1) is 0 Å². The first kappa shape index (κ1) is 27.2. The molecule has 0 spiro atoms. The van der Waals surface area contributed by atoms with E-state index in [0.717, 1.165) is 31.2 Å². The third-order valence-electron chi connectivity index (χ3n) is 6.45. The Morgan fingerprint density at radius 3 is 2.31 bits per heavy atom. The van der Waals surface area contributed by atoms with Crippen molar-refractivity contribution in [2.75, 3.05) is 13.6 Å². The molecule has 0 heterocycles. The smallest absolute Gasteiger partial charge is 0.242 e. The molecule has 1 N–H and O–H groups in total. The van der Waals surface area contributed by atoms with Gasteiger partial charge in [0.15, 0.2) is 0 Å². The minimum Gasteiger partial charge on any atom is -0.352 e. The second-order valence-corrected chi connectivity index (χ2v) is 11.5. The molecule has 2 aromatic carbocycles. The molecule has 190 valence electrons. The second-order valence-electron chi connectivity index (χ2n) is 9.06. The van der Waals surface area contributed by atoms with Crippen LogP contribution >= 0.6 is 11.6 Å². The first-order valence-corrected chi connectivity index (χ1v) is 13.9. The summed E-state index contributed by atoms with van der Waals surface area (Å²) in [4.78, 5) is 28.0. The summed E-state index contributed by atoms with van der Waals surface area (Å²) >= 11 is 6.00. The van der Waals surface area contributed by atoms with Gasteiger partial charge < -0.3 is 10.2 Å². The molecule has 1 fully saturated rings. The van der Waals surface area contributed by atoms with Crippen LogP contribution in [0.3, 0.4) is 0 Å². The van der Waals surface area contributed by atoms with Gasteiger partial charge in [-0.05, 0) is 56.0 Å². The van der Waals surface area contributed by atoms with E-state index in [-0.39, 0.29) is 42.3 Å². The van der Waals surface area contributed by atoms with Crippen LogP contribution in [0.15, 0.2) is 59.5 Å². The fraction of sp³-hybridized carbons (Fsp3) is 0.462. The van der Waals surface area contributed by atoms with Gasteiger partial charge in [-0.1, -0.05) is 54.8 Å². The maximum atomic E-state index is 13.3. The Hall–Kier alpha value is -2.42. The molecule has 3 rings (SSSR count). The average molecular weight is 520 g/mol. The van der Waals surface area contributed by atoms with E-state index < -0.39 is 16.1 Å². The van der Waals surface area contributed by atoms with Crippen molar-refractivity contribution < 1.29 is 18.0 Å². The number of carbonyl (C=O) groups is 2. The molecule has 1 aliphatic rings. The highest BCUT2D eigenvalue weighted by Crippen LogP contribution is 2.20. The molecular weight excluding hydrogens is 486 g/mol. The van der Waals surface area contributed by atoms with Crippen LogP contribution in [0.5, 0.6) is 0 Å². The van der Waals surface area contributed by atoms with Gasteiger partial charge in [0.25, 0.3) is 0 Å². The maximum Gasteiger partial charge on any atom is 0.242 e. The largest absolute Gasteiger partial charge is 0.352 e. The molecule has 0 aromatic heterocycles. The van der Waals surface area contributed by atoms with Crippen molar-refractivity contribution in [2.24, 2.45) is 0 Å². The lowest BCUT2D eigenvalue weighted by Gasteiger charge is -2.30. The van der Waals surface area contributed by atoms with Crippen LogP contribution in [0.2, 0.25) is 5.02 Å². The van der Waals surface area contributed by atoms with Gasteiger partial charge in [0.05, 0.1) is 4.90 Å². The Balaban J connectivity index is 1.64. The molecule has 2 amide bonds.